The van der Waals surface area contributed by atoms with E-state index in [4.69, 9.17) is 23.7 Å². The maximum atomic E-state index is 13.3. The van der Waals surface area contributed by atoms with Gasteiger partial charge in [0, 0.05) is 5.75 Å². The molecule has 1 rings (SSSR count). The molecule has 0 aromatic carbocycles. The van der Waals surface area contributed by atoms with Crippen LogP contribution < -0.4 is 10.6 Å². The second-order valence-electron chi connectivity index (χ2n) is 12.5. The van der Waals surface area contributed by atoms with Crippen LogP contribution in [0, 0.1) is 0 Å². The molecule has 37 heavy (non-hydrogen) atoms. The van der Waals surface area contributed by atoms with E-state index in [0.717, 1.165) is 0 Å². The summed E-state index contributed by atoms with van der Waals surface area (Å²) in [5.74, 6) is -0.496. The van der Waals surface area contributed by atoms with Crippen LogP contribution in [0.3, 0.4) is 0 Å². The normalized spacial score (nSPS) is 19.6. The SMILES string of the molecule is CC(C)(C)OC[C@H](NC(=O)[C@H](CCSC[C@H]1COC(C)(C)O1)NC(=O)OC(C)(C)C)C(=O)OC(C)(C)C. The molecular weight excluding hydrogens is 500 g/mol. The van der Waals surface area contributed by atoms with Crippen LogP contribution in [-0.4, -0.2) is 83.5 Å². The minimum Gasteiger partial charge on any atom is -0.458 e. The molecule has 2 N–H and O–H groups in total. The van der Waals surface area contributed by atoms with Crippen molar-refractivity contribution >= 4 is 29.7 Å². The fourth-order valence-corrected chi connectivity index (χ4v) is 4.12. The summed E-state index contributed by atoms with van der Waals surface area (Å²) in [6, 6.07) is -1.98. The van der Waals surface area contributed by atoms with Gasteiger partial charge in [-0.3, -0.25) is 4.79 Å². The van der Waals surface area contributed by atoms with E-state index in [1.54, 1.807) is 53.3 Å². The summed E-state index contributed by atoms with van der Waals surface area (Å²) in [6.45, 7) is 20.2. The van der Waals surface area contributed by atoms with Gasteiger partial charge in [-0.05, 0) is 88.3 Å². The summed E-state index contributed by atoms with van der Waals surface area (Å²) in [4.78, 5) is 38.6. The van der Waals surface area contributed by atoms with E-state index in [1.165, 1.54) is 0 Å². The van der Waals surface area contributed by atoms with Gasteiger partial charge in [-0.25, -0.2) is 9.59 Å². The Kier molecular flexibility index (Phi) is 12.2. The summed E-state index contributed by atoms with van der Waals surface area (Å²) < 4.78 is 28.0. The highest BCUT2D eigenvalue weighted by Gasteiger charge is 2.34. The van der Waals surface area contributed by atoms with Crippen LogP contribution in [0.4, 0.5) is 4.79 Å². The third-order valence-electron chi connectivity index (χ3n) is 4.62. The molecule has 3 atom stereocenters. The van der Waals surface area contributed by atoms with E-state index < -0.39 is 52.6 Å². The summed E-state index contributed by atoms with van der Waals surface area (Å²) in [6.07, 6.45) is -0.447. The highest BCUT2D eigenvalue weighted by molar-refractivity contribution is 7.99. The van der Waals surface area contributed by atoms with E-state index in [-0.39, 0.29) is 12.7 Å². The zero-order chi connectivity index (χ0) is 28.7. The van der Waals surface area contributed by atoms with Crippen molar-refractivity contribution in [2.75, 3.05) is 24.7 Å². The zero-order valence-electron chi connectivity index (χ0n) is 24.4. The molecule has 216 valence electrons. The number of amides is 2. The molecule has 2 amide bonds. The molecule has 1 aliphatic rings. The number of thioether (sulfide) groups is 1. The van der Waals surface area contributed by atoms with Crippen LogP contribution in [-0.2, 0) is 33.3 Å². The van der Waals surface area contributed by atoms with Gasteiger partial charge in [0.1, 0.15) is 17.2 Å². The van der Waals surface area contributed by atoms with Gasteiger partial charge in [-0.15, -0.1) is 0 Å². The van der Waals surface area contributed by atoms with Crippen LogP contribution in [0.5, 0.6) is 0 Å². The van der Waals surface area contributed by atoms with E-state index in [2.05, 4.69) is 10.6 Å². The van der Waals surface area contributed by atoms with Crippen LogP contribution in [0.25, 0.3) is 0 Å². The lowest BCUT2D eigenvalue weighted by Gasteiger charge is -2.29. The Labute approximate surface area is 226 Å². The summed E-state index contributed by atoms with van der Waals surface area (Å²) >= 11 is 1.59. The maximum Gasteiger partial charge on any atom is 0.408 e. The van der Waals surface area contributed by atoms with Crippen molar-refractivity contribution < 1.29 is 38.1 Å². The van der Waals surface area contributed by atoms with Gasteiger partial charge >= 0.3 is 12.1 Å². The lowest BCUT2D eigenvalue weighted by molar-refractivity contribution is -0.162. The molecule has 1 aliphatic heterocycles. The zero-order valence-corrected chi connectivity index (χ0v) is 25.3. The Hall–Kier alpha value is -1.56. The monoisotopic (exact) mass is 548 g/mol. The molecule has 10 nitrogen and oxygen atoms in total. The summed E-state index contributed by atoms with van der Waals surface area (Å²) in [5.41, 5.74) is -2.00. The lowest BCUT2D eigenvalue weighted by Crippen LogP contribution is -2.55. The van der Waals surface area contributed by atoms with Crippen LogP contribution in [0.2, 0.25) is 0 Å². The molecule has 0 bridgehead atoms. The standard InChI is InChI=1S/C26H48N2O8S/c1-23(2,3)32-15-19(21(30)35-24(4,5)6)27-20(29)18(28-22(31)36-25(7,8)9)12-13-37-16-17-14-33-26(10,11)34-17/h17-19H,12-16H2,1-11H3,(H,27,29)(H,28,31)/t17-,18+,19+/m1/s1. The Bertz CT molecular complexity index is 768. The number of nitrogens with one attached hydrogen (secondary N) is 2. The number of hydrogen-bond donors (Lipinski definition) is 2. The van der Waals surface area contributed by atoms with Crippen molar-refractivity contribution in [3.05, 3.63) is 0 Å². The highest BCUT2D eigenvalue weighted by atomic mass is 32.2. The smallest absolute Gasteiger partial charge is 0.408 e. The highest BCUT2D eigenvalue weighted by Crippen LogP contribution is 2.25. The molecule has 0 unspecified atom stereocenters. The number of ether oxygens (including phenoxy) is 5. The van der Waals surface area contributed by atoms with Crippen molar-refractivity contribution in [2.24, 2.45) is 0 Å². The molecule has 0 radical (unpaired) electrons. The third-order valence-corrected chi connectivity index (χ3v) is 5.75. The molecule has 0 aromatic rings. The molecule has 0 aromatic heterocycles. The fraction of sp³-hybridized carbons (Fsp3) is 0.885. The minimum atomic E-state index is -1.05. The first-order chi connectivity index (χ1) is 16.7. The van der Waals surface area contributed by atoms with Gasteiger partial charge in [-0.2, -0.15) is 11.8 Å². The largest absolute Gasteiger partial charge is 0.458 e. The molecular formula is C26H48N2O8S. The second-order valence-corrected chi connectivity index (χ2v) is 13.7. The molecule has 1 saturated heterocycles. The number of esters is 1. The van der Waals surface area contributed by atoms with E-state index in [9.17, 15) is 14.4 Å². The quantitative estimate of drug-likeness (QED) is 0.293. The van der Waals surface area contributed by atoms with Crippen molar-refractivity contribution in [3.8, 4) is 0 Å². The number of alkyl carbamates (subject to hydrolysis) is 1. The Morgan fingerprint density at radius 3 is 2.00 bits per heavy atom. The fourth-order valence-electron chi connectivity index (χ4n) is 3.13. The Morgan fingerprint density at radius 1 is 0.919 bits per heavy atom. The maximum absolute atomic E-state index is 13.3. The van der Waals surface area contributed by atoms with Crippen LogP contribution in [0.1, 0.15) is 82.6 Å². The van der Waals surface area contributed by atoms with Gasteiger partial charge in [0.2, 0.25) is 5.91 Å². The third kappa shape index (κ3) is 15.4. The number of carbonyl (C=O) groups excluding carboxylic acids is 3. The molecule has 0 saturated carbocycles. The predicted octanol–water partition coefficient (Wildman–Crippen LogP) is 3.80. The summed E-state index contributed by atoms with van der Waals surface area (Å²) in [5, 5.41) is 5.35. The van der Waals surface area contributed by atoms with Gasteiger partial charge in [0.05, 0.1) is 24.9 Å². The van der Waals surface area contributed by atoms with Gasteiger partial charge < -0.3 is 34.3 Å². The number of rotatable bonds is 11. The minimum absolute atomic E-state index is 0.0443. The Balaban J connectivity index is 2.88. The van der Waals surface area contributed by atoms with E-state index in [1.807, 2.05) is 34.6 Å². The van der Waals surface area contributed by atoms with Crippen molar-refractivity contribution in [3.63, 3.8) is 0 Å². The molecule has 1 fully saturated rings. The average molecular weight is 549 g/mol. The van der Waals surface area contributed by atoms with Crippen LogP contribution >= 0.6 is 11.8 Å². The molecule has 0 aliphatic carbocycles. The predicted molar refractivity (Wildman–Crippen MR) is 143 cm³/mol. The first-order valence-electron chi connectivity index (χ1n) is 12.7. The van der Waals surface area contributed by atoms with Crippen molar-refractivity contribution in [1.29, 1.82) is 0 Å². The first-order valence-corrected chi connectivity index (χ1v) is 13.9. The van der Waals surface area contributed by atoms with Gasteiger partial charge in [-0.1, -0.05) is 0 Å². The van der Waals surface area contributed by atoms with Gasteiger partial charge in [0.25, 0.3) is 0 Å². The molecule has 0 spiro atoms. The second kappa shape index (κ2) is 13.5. The molecule has 11 heteroatoms. The topological polar surface area (TPSA) is 121 Å². The number of hydrogen-bond acceptors (Lipinski definition) is 9. The van der Waals surface area contributed by atoms with E-state index >= 15 is 0 Å². The average Bonchev–Trinajstić information content (AvgIpc) is 3.02. The van der Waals surface area contributed by atoms with Crippen LogP contribution in [0.15, 0.2) is 0 Å². The first kappa shape index (κ1) is 33.5. The summed E-state index contributed by atoms with van der Waals surface area (Å²) in [7, 11) is 0. The molecule has 1 heterocycles. The van der Waals surface area contributed by atoms with E-state index in [0.29, 0.717) is 24.5 Å². The van der Waals surface area contributed by atoms with Crippen molar-refractivity contribution in [1.82, 2.24) is 10.6 Å². The van der Waals surface area contributed by atoms with Crippen molar-refractivity contribution in [2.45, 2.75) is 123 Å². The van der Waals surface area contributed by atoms with Gasteiger partial charge in [0.15, 0.2) is 11.8 Å². The number of carbonyl (C=O) groups is 3. The lowest BCUT2D eigenvalue weighted by atomic mass is 10.1. The Morgan fingerprint density at radius 2 is 1.51 bits per heavy atom.